The van der Waals surface area contributed by atoms with Gasteiger partial charge in [0, 0.05) is 18.2 Å². The molecule has 3 N–H and O–H groups in total. The Balaban J connectivity index is 2.95. The van der Waals surface area contributed by atoms with Crippen molar-refractivity contribution in [3.8, 4) is 5.88 Å². The Bertz CT molecular complexity index is 338. The van der Waals surface area contributed by atoms with Crippen LogP contribution < -0.4 is 10.5 Å². The minimum absolute atomic E-state index is 0.0819. The van der Waals surface area contributed by atoms with Gasteiger partial charge in [-0.1, -0.05) is 0 Å². The molecule has 14 heavy (non-hydrogen) atoms. The van der Waals surface area contributed by atoms with E-state index in [4.69, 9.17) is 15.9 Å². The van der Waals surface area contributed by atoms with Crippen LogP contribution >= 0.6 is 0 Å². The van der Waals surface area contributed by atoms with Gasteiger partial charge in [0.05, 0.1) is 12.4 Å². The summed E-state index contributed by atoms with van der Waals surface area (Å²) < 4.78 is 5.32. The van der Waals surface area contributed by atoms with E-state index in [1.165, 1.54) is 0 Å². The minimum atomic E-state index is 0.0819. The average molecular weight is 194 g/mol. The molecule has 1 aromatic heterocycles. The number of rotatable bonds is 4. The van der Waals surface area contributed by atoms with Crippen LogP contribution in [0.1, 0.15) is 18.3 Å². The highest BCUT2D eigenvalue weighted by molar-refractivity contribution is 5.79. The van der Waals surface area contributed by atoms with Crippen LogP contribution in [0.3, 0.4) is 0 Å². The van der Waals surface area contributed by atoms with Gasteiger partial charge in [-0.3, -0.25) is 5.41 Å². The van der Waals surface area contributed by atoms with E-state index >= 15 is 0 Å². The van der Waals surface area contributed by atoms with Crippen molar-refractivity contribution in [3.63, 3.8) is 0 Å². The Kier molecular flexibility index (Phi) is 3.39. The van der Waals surface area contributed by atoms with Crippen molar-refractivity contribution in [2.24, 2.45) is 5.73 Å². The Morgan fingerprint density at radius 1 is 1.64 bits per heavy atom. The zero-order valence-electron chi connectivity index (χ0n) is 8.37. The second-order valence-corrected chi connectivity index (χ2v) is 2.88. The normalized spacial score (nSPS) is 9.86. The van der Waals surface area contributed by atoms with Gasteiger partial charge in [-0.25, -0.2) is 4.98 Å². The van der Waals surface area contributed by atoms with Gasteiger partial charge in [0.2, 0.25) is 5.88 Å². The number of nitrogens with one attached hydrogen (secondary N) is 1. The zero-order chi connectivity index (χ0) is 10.6. The van der Waals surface area contributed by atoms with Crippen molar-refractivity contribution >= 4 is 5.84 Å². The summed E-state index contributed by atoms with van der Waals surface area (Å²) in [6.07, 6.45) is 1.98. The molecule has 5 nitrogen and oxygen atoms in total. The molecule has 5 heteroatoms. The molecule has 1 aromatic rings. The lowest BCUT2D eigenvalue weighted by molar-refractivity contribution is 0.322. The molecule has 0 amide bonds. The fourth-order valence-electron chi connectivity index (χ4n) is 1.06. The predicted octanol–water partition coefficient (Wildman–Crippen LogP) is 0.662. The van der Waals surface area contributed by atoms with Crippen molar-refractivity contribution in [2.45, 2.75) is 20.3 Å². The number of nitrogens with zero attached hydrogens (tertiary/aromatic N) is 2. The second-order valence-electron chi connectivity index (χ2n) is 2.88. The van der Waals surface area contributed by atoms with Gasteiger partial charge in [-0.15, -0.1) is 0 Å². The largest absolute Gasteiger partial charge is 0.478 e. The number of ether oxygens (including phenoxy) is 1. The lowest BCUT2D eigenvalue weighted by Gasteiger charge is -2.08. The van der Waals surface area contributed by atoms with Crippen molar-refractivity contribution < 1.29 is 4.74 Å². The first kappa shape index (κ1) is 10.4. The van der Waals surface area contributed by atoms with E-state index in [0.717, 1.165) is 5.56 Å². The molecular formula is C9H14N4O. The van der Waals surface area contributed by atoms with Crippen LogP contribution in [0.5, 0.6) is 5.88 Å². The highest BCUT2D eigenvalue weighted by Gasteiger charge is 2.07. The molecule has 1 heterocycles. The number of hydrogen-bond acceptors (Lipinski definition) is 4. The molecule has 0 spiro atoms. The molecular weight excluding hydrogens is 180 g/mol. The maximum absolute atomic E-state index is 7.18. The van der Waals surface area contributed by atoms with Crippen LogP contribution in [-0.4, -0.2) is 22.4 Å². The van der Waals surface area contributed by atoms with E-state index in [0.29, 0.717) is 24.7 Å². The maximum atomic E-state index is 7.18. The monoisotopic (exact) mass is 194 g/mol. The van der Waals surface area contributed by atoms with Gasteiger partial charge in [0.15, 0.2) is 0 Å². The molecule has 0 saturated carbocycles. The molecule has 0 fully saturated rings. The van der Waals surface area contributed by atoms with E-state index in [9.17, 15) is 0 Å². The Morgan fingerprint density at radius 3 is 2.93 bits per heavy atom. The fraction of sp³-hybridized carbons (Fsp3) is 0.444. The van der Waals surface area contributed by atoms with E-state index in [-0.39, 0.29) is 5.84 Å². The average Bonchev–Trinajstić information content (AvgIpc) is 2.09. The molecule has 76 valence electrons. The van der Waals surface area contributed by atoms with Crippen LogP contribution in [0.25, 0.3) is 0 Å². The first-order valence-electron chi connectivity index (χ1n) is 4.41. The third-order valence-electron chi connectivity index (χ3n) is 1.61. The number of aromatic nitrogens is 2. The fourth-order valence-corrected chi connectivity index (χ4v) is 1.06. The van der Waals surface area contributed by atoms with Gasteiger partial charge in [-0.05, 0) is 13.8 Å². The van der Waals surface area contributed by atoms with Crippen LogP contribution in [0.2, 0.25) is 0 Å². The van der Waals surface area contributed by atoms with Crippen LogP contribution in [-0.2, 0) is 6.42 Å². The second kappa shape index (κ2) is 4.55. The molecule has 0 unspecified atom stereocenters. The number of amidine groups is 1. The van der Waals surface area contributed by atoms with Crippen LogP contribution in [0.15, 0.2) is 6.20 Å². The third-order valence-corrected chi connectivity index (χ3v) is 1.61. The van der Waals surface area contributed by atoms with Gasteiger partial charge in [0.1, 0.15) is 5.82 Å². The maximum Gasteiger partial charge on any atom is 0.220 e. The first-order valence-corrected chi connectivity index (χ1v) is 4.41. The Morgan fingerprint density at radius 2 is 2.36 bits per heavy atom. The number of nitrogens with two attached hydrogens (primary N) is 1. The summed E-state index contributed by atoms with van der Waals surface area (Å²) >= 11 is 0. The quantitative estimate of drug-likeness (QED) is 0.544. The summed E-state index contributed by atoms with van der Waals surface area (Å²) in [7, 11) is 0. The molecule has 0 radical (unpaired) electrons. The summed E-state index contributed by atoms with van der Waals surface area (Å²) in [5, 5.41) is 7.18. The SMILES string of the molecule is CCOc1nc(C)ncc1CC(=N)N. The standard InChI is InChI=1S/C9H14N4O/c1-3-14-9-7(4-8(10)11)5-12-6(2)13-9/h5H,3-4H2,1-2H3,(H3,10,11). The van der Waals surface area contributed by atoms with Crippen LogP contribution in [0, 0.1) is 12.3 Å². The molecule has 0 bridgehead atoms. The first-order chi connectivity index (χ1) is 6.63. The van der Waals surface area contributed by atoms with E-state index in [1.807, 2.05) is 6.92 Å². The minimum Gasteiger partial charge on any atom is -0.478 e. The van der Waals surface area contributed by atoms with Gasteiger partial charge in [-0.2, -0.15) is 4.98 Å². The van der Waals surface area contributed by atoms with E-state index < -0.39 is 0 Å². The van der Waals surface area contributed by atoms with Crippen LogP contribution in [0.4, 0.5) is 0 Å². The molecule has 0 aliphatic rings. The number of aryl methyl sites for hydroxylation is 1. The smallest absolute Gasteiger partial charge is 0.220 e. The van der Waals surface area contributed by atoms with Crippen molar-refractivity contribution in [2.75, 3.05) is 6.61 Å². The Labute approximate surface area is 82.8 Å². The van der Waals surface area contributed by atoms with Crippen molar-refractivity contribution in [1.29, 1.82) is 5.41 Å². The highest BCUT2D eigenvalue weighted by atomic mass is 16.5. The predicted molar refractivity (Wildman–Crippen MR) is 53.6 cm³/mol. The summed E-state index contributed by atoms with van der Waals surface area (Å²) in [4.78, 5) is 8.16. The third kappa shape index (κ3) is 2.69. The van der Waals surface area contributed by atoms with E-state index in [2.05, 4.69) is 9.97 Å². The van der Waals surface area contributed by atoms with Gasteiger partial charge >= 0.3 is 0 Å². The molecule has 0 atom stereocenters. The lowest BCUT2D eigenvalue weighted by atomic mass is 10.2. The number of hydrogen-bond donors (Lipinski definition) is 2. The zero-order valence-corrected chi connectivity index (χ0v) is 8.37. The molecule has 0 aliphatic heterocycles. The topological polar surface area (TPSA) is 84.9 Å². The summed E-state index contributed by atoms with van der Waals surface area (Å²) in [5.74, 6) is 1.26. The van der Waals surface area contributed by atoms with Crippen molar-refractivity contribution in [1.82, 2.24) is 9.97 Å². The summed E-state index contributed by atoms with van der Waals surface area (Å²) in [6.45, 7) is 4.22. The highest BCUT2D eigenvalue weighted by Crippen LogP contribution is 2.14. The summed E-state index contributed by atoms with van der Waals surface area (Å²) in [5.41, 5.74) is 6.05. The lowest BCUT2D eigenvalue weighted by Crippen LogP contribution is -2.14. The van der Waals surface area contributed by atoms with Gasteiger partial charge < -0.3 is 10.5 Å². The summed E-state index contributed by atoms with van der Waals surface area (Å²) in [6, 6.07) is 0. The molecule has 1 rings (SSSR count). The molecule has 0 saturated heterocycles. The van der Waals surface area contributed by atoms with Crippen molar-refractivity contribution in [3.05, 3.63) is 17.6 Å². The Hall–Kier alpha value is -1.65. The molecule has 0 aliphatic carbocycles. The van der Waals surface area contributed by atoms with E-state index in [1.54, 1.807) is 13.1 Å². The molecule has 0 aromatic carbocycles. The van der Waals surface area contributed by atoms with Gasteiger partial charge in [0.25, 0.3) is 0 Å².